The molecule has 2 heteroatoms. The van der Waals surface area contributed by atoms with Gasteiger partial charge in [-0.15, -0.1) is 0 Å². The van der Waals surface area contributed by atoms with Crippen LogP contribution >= 0.6 is 0 Å². The van der Waals surface area contributed by atoms with E-state index < -0.39 is 0 Å². The van der Waals surface area contributed by atoms with Gasteiger partial charge in [0.25, 0.3) is 0 Å². The van der Waals surface area contributed by atoms with E-state index in [0.717, 1.165) is 77.7 Å². The molecular weight excluding hydrogens is 749 g/mol. The highest BCUT2D eigenvalue weighted by molar-refractivity contribution is 6.13. The highest BCUT2D eigenvalue weighted by Gasteiger charge is 2.18. The molecule has 0 unspecified atom stereocenters. The highest BCUT2D eigenvalue weighted by atomic mass is 14.8. The molecule has 11 rings (SSSR count). The summed E-state index contributed by atoms with van der Waals surface area (Å²) in [4.78, 5) is 11.0. The Bertz CT molecular complexity index is 3080. The quantitative estimate of drug-likeness (QED) is 0.143. The van der Waals surface area contributed by atoms with Crippen LogP contribution in [0.3, 0.4) is 0 Å². The van der Waals surface area contributed by atoms with Crippen LogP contribution in [0.15, 0.2) is 243 Å². The van der Waals surface area contributed by atoms with Crippen molar-refractivity contribution in [1.82, 2.24) is 9.97 Å². The summed E-state index contributed by atoms with van der Waals surface area (Å²) in [5, 5.41) is 2.14. The first kappa shape index (κ1) is 36.8. The molecule has 0 N–H and O–H groups in total. The summed E-state index contributed by atoms with van der Waals surface area (Å²) < 4.78 is 0. The summed E-state index contributed by atoms with van der Waals surface area (Å²) in [6.45, 7) is 0. The Morgan fingerprint density at radius 3 is 0.694 bits per heavy atom. The second-order valence-electron chi connectivity index (χ2n) is 15.7. The van der Waals surface area contributed by atoms with Crippen LogP contribution in [0.5, 0.6) is 0 Å². The predicted molar refractivity (Wildman–Crippen MR) is 261 cm³/mol. The van der Waals surface area contributed by atoms with E-state index in [2.05, 4.69) is 243 Å². The SMILES string of the molecule is c1ccc(-c2ccc(-c3ccc(-c4cc(-c5ccccc5)c5ccc6c(-c7ccccc7)cc(-c7ccc(-c8ccc(-c9ccccc9)cc8)cc7)nc6c5n4)cc3)cc2)cc1. The van der Waals surface area contributed by atoms with Gasteiger partial charge < -0.3 is 0 Å². The normalized spacial score (nSPS) is 11.2. The molecule has 0 saturated carbocycles. The van der Waals surface area contributed by atoms with E-state index in [1.54, 1.807) is 0 Å². The molecule has 2 aromatic heterocycles. The van der Waals surface area contributed by atoms with E-state index in [9.17, 15) is 0 Å². The Morgan fingerprint density at radius 1 is 0.194 bits per heavy atom. The van der Waals surface area contributed by atoms with Gasteiger partial charge in [-0.2, -0.15) is 0 Å². The minimum absolute atomic E-state index is 0.883. The summed E-state index contributed by atoms with van der Waals surface area (Å²) in [6.07, 6.45) is 0. The van der Waals surface area contributed by atoms with Crippen LogP contribution in [0, 0.1) is 0 Å². The van der Waals surface area contributed by atoms with E-state index >= 15 is 0 Å². The number of hydrogen-bond donors (Lipinski definition) is 0. The fourth-order valence-corrected chi connectivity index (χ4v) is 8.62. The molecule has 0 fully saturated rings. The maximum absolute atomic E-state index is 5.50. The molecule has 290 valence electrons. The van der Waals surface area contributed by atoms with Gasteiger partial charge in [-0.05, 0) is 78.9 Å². The van der Waals surface area contributed by atoms with E-state index in [1.807, 2.05) is 0 Å². The molecule has 2 nitrogen and oxygen atoms in total. The van der Waals surface area contributed by atoms with Gasteiger partial charge in [0.1, 0.15) is 0 Å². The van der Waals surface area contributed by atoms with Crippen molar-refractivity contribution in [2.45, 2.75) is 0 Å². The monoisotopic (exact) mass is 788 g/mol. The third-order valence-corrected chi connectivity index (χ3v) is 11.9. The third-order valence-electron chi connectivity index (χ3n) is 11.9. The van der Waals surface area contributed by atoms with E-state index in [1.165, 1.54) is 33.4 Å². The fourth-order valence-electron chi connectivity index (χ4n) is 8.62. The Morgan fingerprint density at radius 2 is 0.419 bits per heavy atom. The van der Waals surface area contributed by atoms with Crippen LogP contribution in [0.25, 0.3) is 111 Å². The molecule has 0 aliphatic heterocycles. The van der Waals surface area contributed by atoms with Crippen molar-refractivity contribution in [3.05, 3.63) is 243 Å². The van der Waals surface area contributed by atoms with Gasteiger partial charge in [0.2, 0.25) is 0 Å². The van der Waals surface area contributed by atoms with Gasteiger partial charge in [0.15, 0.2) is 0 Å². The topological polar surface area (TPSA) is 25.8 Å². The Hall–Kier alpha value is -8.20. The molecule has 0 bridgehead atoms. The average Bonchev–Trinajstić information content (AvgIpc) is 3.37. The van der Waals surface area contributed by atoms with Crippen molar-refractivity contribution in [2.75, 3.05) is 0 Å². The van der Waals surface area contributed by atoms with Gasteiger partial charge in [-0.25, -0.2) is 9.97 Å². The lowest BCUT2D eigenvalue weighted by Crippen LogP contribution is -1.95. The number of aromatic nitrogens is 2. The third kappa shape index (κ3) is 7.14. The average molecular weight is 789 g/mol. The number of rotatable bonds is 8. The Kier molecular flexibility index (Phi) is 9.57. The molecule has 0 atom stereocenters. The van der Waals surface area contributed by atoms with Crippen molar-refractivity contribution < 1.29 is 0 Å². The second kappa shape index (κ2) is 16.1. The predicted octanol–water partition coefficient (Wildman–Crippen LogP) is 16.1. The van der Waals surface area contributed by atoms with Gasteiger partial charge in [-0.1, -0.05) is 231 Å². The number of nitrogens with zero attached hydrogens (tertiary/aromatic N) is 2. The number of pyridine rings is 2. The van der Waals surface area contributed by atoms with Gasteiger partial charge in [-0.3, -0.25) is 0 Å². The molecule has 9 aromatic carbocycles. The van der Waals surface area contributed by atoms with Crippen molar-refractivity contribution in [2.24, 2.45) is 0 Å². The second-order valence-corrected chi connectivity index (χ2v) is 15.7. The van der Waals surface area contributed by atoms with Crippen LogP contribution in [-0.4, -0.2) is 9.97 Å². The molecule has 0 aliphatic carbocycles. The van der Waals surface area contributed by atoms with E-state index in [0.29, 0.717) is 0 Å². The first-order chi connectivity index (χ1) is 30.7. The first-order valence-electron chi connectivity index (χ1n) is 21.1. The van der Waals surface area contributed by atoms with Gasteiger partial charge in [0.05, 0.1) is 22.4 Å². The molecule has 0 spiro atoms. The molecular formula is C60H40N2. The van der Waals surface area contributed by atoms with Crippen LogP contribution in [0.4, 0.5) is 0 Å². The van der Waals surface area contributed by atoms with Crippen molar-refractivity contribution >= 4 is 21.8 Å². The molecule has 0 amide bonds. The minimum Gasteiger partial charge on any atom is -0.245 e. The number of fused-ring (bicyclic) bond motifs is 3. The summed E-state index contributed by atoms with van der Waals surface area (Å²) in [5.41, 5.74) is 19.8. The van der Waals surface area contributed by atoms with Gasteiger partial charge >= 0.3 is 0 Å². The summed E-state index contributed by atoms with van der Waals surface area (Å²) in [6, 6.07) is 86.4. The molecule has 0 saturated heterocycles. The summed E-state index contributed by atoms with van der Waals surface area (Å²) in [7, 11) is 0. The Balaban J connectivity index is 1.02. The lowest BCUT2D eigenvalue weighted by Gasteiger charge is -2.16. The molecule has 2 heterocycles. The minimum atomic E-state index is 0.883. The van der Waals surface area contributed by atoms with Crippen LogP contribution in [0.1, 0.15) is 0 Å². The first-order valence-corrected chi connectivity index (χ1v) is 21.1. The summed E-state index contributed by atoms with van der Waals surface area (Å²) >= 11 is 0. The zero-order chi connectivity index (χ0) is 41.2. The number of benzene rings is 9. The van der Waals surface area contributed by atoms with Crippen molar-refractivity contribution in [3.63, 3.8) is 0 Å². The smallest absolute Gasteiger partial charge is 0.0978 e. The molecule has 11 aromatic rings. The fraction of sp³-hybridized carbons (Fsp3) is 0. The zero-order valence-corrected chi connectivity index (χ0v) is 34.0. The number of hydrogen-bond acceptors (Lipinski definition) is 2. The van der Waals surface area contributed by atoms with E-state index in [4.69, 9.17) is 9.97 Å². The van der Waals surface area contributed by atoms with Crippen LogP contribution in [-0.2, 0) is 0 Å². The summed E-state index contributed by atoms with van der Waals surface area (Å²) in [5.74, 6) is 0. The van der Waals surface area contributed by atoms with Crippen LogP contribution in [0.2, 0.25) is 0 Å². The largest absolute Gasteiger partial charge is 0.245 e. The lowest BCUT2D eigenvalue weighted by atomic mass is 9.93. The molecule has 62 heavy (non-hydrogen) atoms. The van der Waals surface area contributed by atoms with Crippen LogP contribution < -0.4 is 0 Å². The molecule has 0 aliphatic rings. The van der Waals surface area contributed by atoms with Gasteiger partial charge in [0, 0.05) is 21.9 Å². The standard InChI is InChI=1S/C60H40N2/c1-5-13-41(14-6-1)43-21-25-45(26-22-43)47-29-33-51(34-30-47)57-39-55(49-17-9-3-10-18-49)53-37-38-54-56(50-19-11-4-12-20-50)40-58(62-60(54)59(53)61-57)52-35-31-48(32-36-52)46-27-23-44(24-28-46)42-15-7-2-8-16-42/h1-40H. The molecule has 0 radical (unpaired) electrons. The van der Waals surface area contributed by atoms with E-state index in [-0.39, 0.29) is 0 Å². The maximum atomic E-state index is 5.50. The Labute approximate surface area is 362 Å². The highest BCUT2D eigenvalue weighted by Crippen LogP contribution is 2.40. The lowest BCUT2D eigenvalue weighted by molar-refractivity contribution is 1.36. The van der Waals surface area contributed by atoms with Crippen molar-refractivity contribution in [1.29, 1.82) is 0 Å². The van der Waals surface area contributed by atoms with Crippen molar-refractivity contribution in [3.8, 4) is 89.3 Å². The zero-order valence-electron chi connectivity index (χ0n) is 34.0. The maximum Gasteiger partial charge on any atom is 0.0978 e.